The SMILES string of the molecule is COc1ccc(NC(=O)Nc2cc(NC(=O)c3cccc(C)c3)ccc2N2CCCCC2)cc1OC. The predicted octanol–water partition coefficient (Wildman–Crippen LogP) is 5.90. The molecule has 3 N–H and O–H groups in total. The molecule has 0 aromatic heterocycles. The molecule has 0 atom stereocenters. The number of nitrogens with zero attached hydrogens (tertiary/aromatic N) is 1. The summed E-state index contributed by atoms with van der Waals surface area (Å²) >= 11 is 0. The van der Waals surface area contributed by atoms with Gasteiger partial charge in [0.1, 0.15) is 0 Å². The largest absolute Gasteiger partial charge is 0.493 e. The van der Waals surface area contributed by atoms with Crippen LogP contribution >= 0.6 is 0 Å². The third kappa shape index (κ3) is 6.07. The maximum atomic E-state index is 13.0. The number of amides is 3. The summed E-state index contributed by atoms with van der Waals surface area (Å²) < 4.78 is 10.6. The second-order valence-corrected chi connectivity index (χ2v) is 8.75. The summed E-state index contributed by atoms with van der Waals surface area (Å²) in [5.74, 6) is 0.892. The minimum Gasteiger partial charge on any atom is -0.493 e. The van der Waals surface area contributed by atoms with Gasteiger partial charge in [-0.1, -0.05) is 17.7 Å². The summed E-state index contributed by atoms with van der Waals surface area (Å²) in [4.78, 5) is 28.0. The van der Waals surface area contributed by atoms with Crippen molar-refractivity contribution in [3.8, 4) is 11.5 Å². The maximum Gasteiger partial charge on any atom is 0.323 e. The van der Waals surface area contributed by atoms with E-state index in [1.54, 1.807) is 44.6 Å². The van der Waals surface area contributed by atoms with Crippen LogP contribution in [0.2, 0.25) is 0 Å². The molecule has 0 unspecified atom stereocenters. The highest BCUT2D eigenvalue weighted by Crippen LogP contribution is 2.33. The lowest BCUT2D eigenvalue weighted by atomic mass is 10.1. The molecule has 1 saturated heterocycles. The molecule has 1 aliphatic rings. The Morgan fingerprint density at radius 2 is 1.50 bits per heavy atom. The highest BCUT2D eigenvalue weighted by molar-refractivity contribution is 6.06. The molecule has 8 heteroatoms. The number of urea groups is 1. The van der Waals surface area contributed by atoms with Crippen molar-refractivity contribution in [2.24, 2.45) is 0 Å². The van der Waals surface area contributed by atoms with Crippen molar-refractivity contribution in [1.82, 2.24) is 0 Å². The lowest BCUT2D eigenvalue weighted by Crippen LogP contribution is -2.31. The van der Waals surface area contributed by atoms with E-state index in [2.05, 4.69) is 20.9 Å². The summed E-state index contributed by atoms with van der Waals surface area (Å²) in [7, 11) is 3.10. The number of methoxy groups -OCH3 is 2. The monoisotopic (exact) mass is 488 g/mol. The van der Waals surface area contributed by atoms with Crippen LogP contribution in [0.1, 0.15) is 35.2 Å². The van der Waals surface area contributed by atoms with Gasteiger partial charge in [0.2, 0.25) is 0 Å². The Hall–Kier alpha value is -4.20. The molecule has 1 fully saturated rings. The first-order valence-corrected chi connectivity index (χ1v) is 12.0. The van der Waals surface area contributed by atoms with Crippen molar-refractivity contribution in [3.05, 3.63) is 71.8 Å². The number of rotatable bonds is 7. The lowest BCUT2D eigenvalue weighted by molar-refractivity contribution is 0.102. The average Bonchev–Trinajstić information content (AvgIpc) is 2.89. The normalized spacial score (nSPS) is 13.0. The van der Waals surface area contributed by atoms with E-state index in [0.717, 1.165) is 37.2 Å². The van der Waals surface area contributed by atoms with Crippen molar-refractivity contribution >= 4 is 34.7 Å². The molecule has 1 aliphatic heterocycles. The van der Waals surface area contributed by atoms with Crippen LogP contribution in [-0.2, 0) is 0 Å². The molecule has 4 rings (SSSR count). The predicted molar refractivity (Wildman–Crippen MR) is 144 cm³/mol. The van der Waals surface area contributed by atoms with Crippen LogP contribution in [0.5, 0.6) is 11.5 Å². The molecule has 36 heavy (non-hydrogen) atoms. The first-order valence-electron chi connectivity index (χ1n) is 12.0. The summed E-state index contributed by atoms with van der Waals surface area (Å²) in [5, 5.41) is 8.76. The fourth-order valence-electron chi connectivity index (χ4n) is 4.31. The second kappa shape index (κ2) is 11.5. The molecular formula is C28H32N4O4. The van der Waals surface area contributed by atoms with Crippen LogP contribution in [-0.4, -0.2) is 39.2 Å². The van der Waals surface area contributed by atoms with Gasteiger partial charge < -0.3 is 30.3 Å². The first kappa shape index (κ1) is 24.9. The molecule has 0 saturated carbocycles. The van der Waals surface area contributed by atoms with Crippen LogP contribution in [0.3, 0.4) is 0 Å². The number of nitrogens with one attached hydrogen (secondary N) is 3. The zero-order chi connectivity index (χ0) is 25.5. The van der Waals surface area contributed by atoms with Gasteiger partial charge in [0.15, 0.2) is 11.5 Å². The Morgan fingerprint density at radius 1 is 0.778 bits per heavy atom. The number of hydrogen-bond acceptors (Lipinski definition) is 5. The third-order valence-corrected chi connectivity index (χ3v) is 6.12. The molecule has 1 heterocycles. The van der Waals surface area contributed by atoms with Gasteiger partial charge in [-0.3, -0.25) is 4.79 Å². The van der Waals surface area contributed by atoms with Crippen LogP contribution in [0, 0.1) is 6.92 Å². The number of anilines is 4. The van der Waals surface area contributed by atoms with Gasteiger partial charge in [0.25, 0.3) is 5.91 Å². The van der Waals surface area contributed by atoms with Crippen molar-refractivity contribution in [2.45, 2.75) is 26.2 Å². The Kier molecular flexibility index (Phi) is 7.95. The van der Waals surface area contributed by atoms with Gasteiger partial charge in [-0.05, 0) is 68.7 Å². The van der Waals surface area contributed by atoms with Crippen molar-refractivity contribution < 1.29 is 19.1 Å². The standard InChI is InChI=1S/C28H32N4O4/c1-19-8-7-9-20(16-19)27(33)29-21-10-12-24(32-14-5-4-6-15-32)23(17-21)31-28(34)30-22-11-13-25(35-2)26(18-22)36-3/h7-13,16-18H,4-6,14-15H2,1-3H3,(H,29,33)(H2,30,31,34). The summed E-state index contributed by atoms with van der Waals surface area (Å²) in [5.41, 5.74) is 4.30. The molecule has 0 spiro atoms. The fourth-order valence-corrected chi connectivity index (χ4v) is 4.31. The van der Waals surface area contributed by atoms with E-state index in [1.807, 2.05) is 37.3 Å². The number of carbonyl (C=O) groups is 2. The first-order chi connectivity index (χ1) is 17.5. The number of benzene rings is 3. The zero-order valence-electron chi connectivity index (χ0n) is 20.9. The van der Waals surface area contributed by atoms with E-state index in [4.69, 9.17) is 9.47 Å². The summed E-state index contributed by atoms with van der Waals surface area (Å²) in [6, 6.07) is 17.8. The second-order valence-electron chi connectivity index (χ2n) is 8.75. The number of hydrogen-bond donors (Lipinski definition) is 3. The quantitative estimate of drug-likeness (QED) is 0.385. The van der Waals surface area contributed by atoms with E-state index in [9.17, 15) is 9.59 Å². The number of carbonyl (C=O) groups excluding carboxylic acids is 2. The van der Waals surface area contributed by atoms with E-state index >= 15 is 0 Å². The Morgan fingerprint density at radius 3 is 2.22 bits per heavy atom. The van der Waals surface area contributed by atoms with Gasteiger partial charge in [-0.15, -0.1) is 0 Å². The van der Waals surface area contributed by atoms with Crippen LogP contribution in [0.4, 0.5) is 27.5 Å². The average molecular weight is 489 g/mol. The smallest absolute Gasteiger partial charge is 0.323 e. The van der Waals surface area contributed by atoms with E-state index < -0.39 is 6.03 Å². The number of piperidine rings is 1. The summed E-state index contributed by atoms with van der Waals surface area (Å²) in [6.07, 6.45) is 3.40. The number of ether oxygens (including phenoxy) is 2. The van der Waals surface area contributed by atoms with Gasteiger partial charge in [-0.2, -0.15) is 0 Å². The molecule has 3 aromatic carbocycles. The van der Waals surface area contributed by atoms with Gasteiger partial charge in [0.05, 0.1) is 25.6 Å². The highest BCUT2D eigenvalue weighted by Gasteiger charge is 2.18. The van der Waals surface area contributed by atoms with Gasteiger partial charge in [-0.25, -0.2) is 4.79 Å². The van der Waals surface area contributed by atoms with Crippen LogP contribution in [0.25, 0.3) is 0 Å². The lowest BCUT2D eigenvalue weighted by Gasteiger charge is -2.31. The topological polar surface area (TPSA) is 91.9 Å². The molecule has 3 aromatic rings. The van der Waals surface area contributed by atoms with E-state index in [-0.39, 0.29) is 5.91 Å². The highest BCUT2D eigenvalue weighted by atomic mass is 16.5. The van der Waals surface area contributed by atoms with Gasteiger partial charge in [0, 0.05) is 36.1 Å². The molecule has 0 bridgehead atoms. The van der Waals surface area contributed by atoms with E-state index in [1.165, 1.54) is 6.42 Å². The van der Waals surface area contributed by atoms with Crippen molar-refractivity contribution in [3.63, 3.8) is 0 Å². The zero-order valence-corrected chi connectivity index (χ0v) is 20.9. The van der Waals surface area contributed by atoms with E-state index in [0.29, 0.717) is 34.1 Å². The Bertz CT molecular complexity index is 1240. The molecular weight excluding hydrogens is 456 g/mol. The van der Waals surface area contributed by atoms with Crippen molar-refractivity contribution in [1.29, 1.82) is 0 Å². The molecule has 3 amide bonds. The third-order valence-electron chi connectivity index (χ3n) is 6.12. The minimum atomic E-state index is -0.400. The van der Waals surface area contributed by atoms with Gasteiger partial charge >= 0.3 is 6.03 Å². The summed E-state index contributed by atoms with van der Waals surface area (Å²) in [6.45, 7) is 3.78. The van der Waals surface area contributed by atoms with Crippen LogP contribution < -0.4 is 30.3 Å². The fraction of sp³-hybridized carbons (Fsp3) is 0.286. The Balaban J connectivity index is 1.55. The van der Waals surface area contributed by atoms with Crippen molar-refractivity contribution in [2.75, 3.05) is 48.2 Å². The molecule has 0 aliphatic carbocycles. The molecule has 188 valence electrons. The number of aryl methyl sites for hydroxylation is 1. The molecule has 0 radical (unpaired) electrons. The van der Waals surface area contributed by atoms with Crippen LogP contribution in [0.15, 0.2) is 60.7 Å². The minimum absolute atomic E-state index is 0.204. The molecule has 8 nitrogen and oxygen atoms in total. The Labute approximate surface area is 211 Å². The maximum absolute atomic E-state index is 13.0.